The molecule has 0 saturated carbocycles. The number of carboxylic acids is 1. The Hall–Kier alpha value is -3.77. The molecular weight excluding hydrogens is 559 g/mol. The monoisotopic (exact) mass is 588 g/mol. The van der Waals surface area contributed by atoms with Gasteiger partial charge in [0.2, 0.25) is 0 Å². The molecule has 1 aliphatic rings. The summed E-state index contributed by atoms with van der Waals surface area (Å²) in [5.74, 6) is 0.472. The molecule has 0 aromatic heterocycles. The molecule has 5 nitrogen and oxygen atoms in total. The molecule has 4 aromatic carbocycles. The number of ether oxygens (including phenoxy) is 3. The Labute approximate surface area is 249 Å². The van der Waals surface area contributed by atoms with Gasteiger partial charge in [-0.15, -0.1) is 0 Å². The molecule has 0 radical (unpaired) electrons. The van der Waals surface area contributed by atoms with Crippen LogP contribution in [0.5, 0.6) is 17.2 Å². The summed E-state index contributed by atoms with van der Waals surface area (Å²) in [4.78, 5) is 11.4. The Kier molecular flexibility index (Phi) is 8.99. The topological polar surface area (TPSA) is 65.0 Å². The Bertz CT molecular complexity index is 1520. The fourth-order valence-electron chi connectivity index (χ4n) is 5.34. The molecule has 210 valence electrons. The van der Waals surface area contributed by atoms with Crippen molar-refractivity contribution in [1.82, 2.24) is 0 Å². The maximum absolute atomic E-state index is 11.4. The van der Waals surface area contributed by atoms with Crippen LogP contribution in [-0.4, -0.2) is 17.7 Å². The molecule has 4 aromatic rings. The highest BCUT2D eigenvalue weighted by atomic mass is 35.5. The van der Waals surface area contributed by atoms with Gasteiger partial charge in [0.15, 0.2) is 6.61 Å². The highest BCUT2D eigenvalue weighted by molar-refractivity contribution is 6.30. The quantitative estimate of drug-likeness (QED) is 0.197. The van der Waals surface area contributed by atoms with Gasteiger partial charge in [-0.25, -0.2) is 4.79 Å². The van der Waals surface area contributed by atoms with Crippen molar-refractivity contribution in [3.8, 4) is 17.2 Å². The van der Waals surface area contributed by atoms with Crippen molar-refractivity contribution in [2.24, 2.45) is 5.92 Å². The zero-order chi connectivity index (χ0) is 28.9. The standard InChI is InChI=1S/C34H30Cl2O5/c1-21(2)28-19-29(23-7-6-8-25(36)17-23)33(22-11-13-24(35)14-12-22)41-34(28)30-18-27(40-26-9-4-3-5-10-26)15-16-31(30)39-20-32(37)38/h3-18,28-29,33-34H,1,19-20H2,2H3,(H,37,38)/t28-,29-,33+,34+/m1/s1. The van der Waals surface area contributed by atoms with Gasteiger partial charge < -0.3 is 19.3 Å². The molecule has 41 heavy (non-hydrogen) atoms. The molecule has 0 aliphatic carbocycles. The van der Waals surface area contributed by atoms with Gasteiger partial charge in [0.25, 0.3) is 0 Å². The van der Waals surface area contributed by atoms with Gasteiger partial charge in [-0.3, -0.25) is 0 Å². The minimum absolute atomic E-state index is 0.0278. The van der Waals surface area contributed by atoms with E-state index in [1.807, 2.05) is 85.8 Å². The summed E-state index contributed by atoms with van der Waals surface area (Å²) < 4.78 is 18.9. The van der Waals surface area contributed by atoms with E-state index in [2.05, 4.69) is 12.6 Å². The number of carbonyl (C=O) groups is 1. The Balaban J connectivity index is 1.60. The van der Waals surface area contributed by atoms with E-state index in [4.69, 9.17) is 37.4 Å². The van der Waals surface area contributed by atoms with Crippen LogP contribution in [0, 0.1) is 5.92 Å². The first kappa shape index (κ1) is 28.7. The lowest BCUT2D eigenvalue weighted by atomic mass is 9.74. The molecule has 4 atom stereocenters. The zero-order valence-electron chi connectivity index (χ0n) is 22.5. The molecule has 1 aliphatic heterocycles. The fourth-order valence-corrected chi connectivity index (χ4v) is 5.66. The zero-order valence-corrected chi connectivity index (χ0v) is 24.0. The first-order chi connectivity index (χ1) is 19.8. The highest BCUT2D eigenvalue weighted by Crippen LogP contribution is 2.53. The van der Waals surface area contributed by atoms with Gasteiger partial charge in [-0.1, -0.05) is 77.8 Å². The van der Waals surface area contributed by atoms with Gasteiger partial charge in [-0.2, -0.15) is 0 Å². The summed E-state index contributed by atoms with van der Waals surface area (Å²) in [7, 11) is 0. The number of carboxylic acid groups (broad SMARTS) is 1. The summed E-state index contributed by atoms with van der Waals surface area (Å²) in [6, 6.07) is 30.3. The van der Waals surface area contributed by atoms with Gasteiger partial charge in [-0.05, 0) is 79.1 Å². The molecule has 1 fully saturated rings. The smallest absolute Gasteiger partial charge is 0.341 e. The second kappa shape index (κ2) is 12.8. The highest BCUT2D eigenvalue weighted by Gasteiger charge is 2.42. The van der Waals surface area contributed by atoms with Crippen molar-refractivity contribution >= 4 is 29.2 Å². The molecule has 0 spiro atoms. The number of para-hydroxylation sites is 1. The summed E-state index contributed by atoms with van der Waals surface area (Å²) >= 11 is 12.6. The van der Waals surface area contributed by atoms with Crippen LogP contribution in [0.25, 0.3) is 0 Å². The number of halogens is 2. The van der Waals surface area contributed by atoms with E-state index in [1.165, 1.54) is 0 Å². The second-order valence-corrected chi connectivity index (χ2v) is 11.0. The van der Waals surface area contributed by atoms with Crippen LogP contribution in [0.4, 0.5) is 0 Å². The van der Waals surface area contributed by atoms with Gasteiger partial charge in [0.1, 0.15) is 17.2 Å². The SMILES string of the molecule is C=C(C)[C@H]1C[C@H](c2cccc(Cl)c2)[C@H](c2ccc(Cl)cc2)O[C@@H]1c1cc(Oc2ccccc2)ccc1OCC(=O)O. The van der Waals surface area contributed by atoms with E-state index in [0.29, 0.717) is 32.9 Å². The van der Waals surface area contributed by atoms with Crippen LogP contribution in [0.2, 0.25) is 10.0 Å². The summed E-state index contributed by atoms with van der Waals surface area (Å²) in [6.07, 6.45) is -0.125. The van der Waals surface area contributed by atoms with E-state index >= 15 is 0 Å². The molecule has 0 unspecified atom stereocenters. The lowest BCUT2D eigenvalue weighted by molar-refractivity contribution is -0.139. The molecule has 5 rings (SSSR count). The van der Waals surface area contributed by atoms with Crippen molar-refractivity contribution in [2.75, 3.05) is 6.61 Å². The van der Waals surface area contributed by atoms with Crippen molar-refractivity contribution < 1.29 is 24.1 Å². The van der Waals surface area contributed by atoms with E-state index < -0.39 is 18.7 Å². The summed E-state index contributed by atoms with van der Waals surface area (Å²) in [5, 5.41) is 10.6. The van der Waals surface area contributed by atoms with Crippen LogP contribution in [0.1, 0.15) is 48.2 Å². The maximum atomic E-state index is 11.4. The second-order valence-electron chi connectivity index (χ2n) is 10.2. The molecular formula is C34H30Cl2O5. The van der Waals surface area contributed by atoms with Crippen LogP contribution >= 0.6 is 23.2 Å². The van der Waals surface area contributed by atoms with Crippen molar-refractivity contribution in [3.63, 3.8) is 0 Å². The minimum atomic E-state index is -1.07. The predicted octanol–water partition coefficient (Wildman–Crippen LogP) is 9.43. The lowest BCUT2D eigenvalue weighted by Gasteiger charge is -2.43. The normalized spacial score (nSPS) is 20.3. The number of benzene rings is 4. The molecule has 0 amide bonds. The third-order valence-corrected chi connectivity index (χ3v) is 7.75. The Morgan fingerprint density at radius 3 is 2.32 bits per heavy atom. The fraction of sp³-hybridized carbons (Fsp3) is 0.206. The number of rotatable bonds is 9. The van der Waals surface area contributed by atoms with Crippen LogP contribution < -0.4 is 9.47 Å². The molecule has 1 saturated heterocycles. The predicted molar refractivity (Wildman–Crippen MR) is 161 cm³/mol. The van der Waals surface area contributed by atoms with E-state index in [1.54, 1.807) is 12.1 Å². The average Bonchev–Trinajstić information content (AvgIpc) is 2.96. The maximum Gasteiger partial charge on any atom is 0.341 e. The van der Waals surface area contributed by atoms with Crippen LogP contribution in [-0.2, 0) is 9.53 Å². The molecule has 0 bridgehead atoms. The first-order valence-electron chi connectivity index (χ1n) is 13.3. The van der Waals surface area contributed by atoms with Gasteiger partial charge in [0.05, 0.1) is 12.2 Å². The lowest BCUT2D eigenvalue weighted by Crippen LogP contribution is -2.32. The van der Waals surface area contributed by atoms with Crippen molar-refractivity contribution in [1.29, 1.82) is 0 Å². The van der Waals surface area contributed by atoms with Crippen LogP contribution in [0.3, 0.4) is 0 Å². The number of hydrogen-bond acceptors (Lipinski definition) is 4. The summed E-state index contributed by atoms with van der Waals surface area (Å²) in [6.45, 7) is 5.82. The van der Waals surface area contributed by atoms with E-state index in [0.717, 1.165) is 23.1 Å². The Morgan fingerprint density at radius 2 is 1.63 bits per heavy atom. The molecule has 7 heteroatoms. The first-order valence-corrected chi connectivity index (χ1v) is 14.1. The van der Waals surface area contributed by atoms with Crippen molar-refractivity contribution in [2.45, 2.75) is 31.5 Å². The largest absolute Gasteiger partial charge is 0.482 e. The van der Waals surface area contributed by atoms with E-state index in [9.17, 15) is 9.90 Å². The minimum Gasteiger partial charge on any atom is -0.482 e. The molecule has 1 heterocycles. The number of aliphatic carboxylic acids is 1. The molecule has 1 N–H and O–H groups in total. The third-order valence-electron chi connectivity index (χ3n) is 7.26. The average molecular weight is 590 g/mol. The van der Waals surface area contributed by atoms with Crippen LogP contribution in [0.15, 0.2) is 109 Å². The third kappa shape index (κ3) is 6.94. The van der Waals surface area contributed by atoms with E-state index in [-0.39, 0.29) is 17.9 Å². The van der Waals surface area contributed by atoms with Crippen molar-refractivity contribution in [3.05, 3.63) is 136 Å². The Morgan fingerprint density at radius 1 is 0.878 bits per heavy atom. The summed E-state index contributed by atoms with van der Waals surface area (Å²) in [5.41, 5.74) is 3.66. The van der Waals surface area contributed by atoms with Gasteiger partial charge >= 0.3 is 5.97 Å². The number of hydrogen-bond donors (Lipinski definition) is 1. The van der Waals surface area contributed by atoms with Gasteiger partial charge in [0, 0.05) is 27.4 Å².